The van der Waals surface area contributed by atoms with E-state index in [2.05, 4.69) is 42.6 Å². The largest absolute Gasteiger partial charge is 0.489 e. The average molecular weight is 398 g/mol. The minimum absolute atomic E-state index is 0.297. The van der Waals surface area contributed by atoms with Crippen molar-refractivity contribution in [1.82, 2.24) is 5.32 Å². The number of nitrogens with one attached hydrogen (secondary N) is 1. The van der Waals surface area contributed by atoms with Crippen molar-refractivity contribution in [2.24, 2.45) is 0 Å². The SMILES string of the molecule is CCCC(NCc1ccccc1OCc1ccc(F)cc1Cl)c1ccccc1. The molecular weight excluding hydrogens is 373 g/mol. The van der Waals surface area contributed by atoms with Gasteiger partial charge in [-0.05, 0) is 30.2 Å². The highest BCUT2D eigenvalue weighted by Crippen LogP contribution is 2.24. The maximum atomic E-state index is 13.2. The van der Waals surface area contributed by atoms with Crippen LogP contribution in [0.25, 0.3) is 0 Å². The Hall–Kier alpha value is -2.36. The van der Waals surface area contributed by atoms with Crippen molar-refractivity contribution in [2.75, 3.05) is 0 Å². The zero-order chi connectivity index (χ0) is 19.8. The normalized spacial score (nSPS) is 12.0. The lowest BCUT2D eigenvalue weighted by atomic mass is 10.0. The molecule has 0 radical (unpaired) electrons. The van der Waals surface area contributed by atoms with E-state index in [1.54, 1.807) is 6.07 Å². The van der Waals surface area contributed by atoms with Crippen molar-refractivity contribution in [3.8, 4) is 5.75 Å². The summed E-state index contributed by atoms with van der Waals surface area (Å²) in [5.74, 6) is 0.458. The van der Waals surface area contributed by atoms with E-state index >= 15 is 0 Å². The zero-order valence-corrected chi connectivity index (χ0v) is 16.8. The lowest BCUT2D eigenvalue weighted by Gasteiger charge is -2.20. The highest BCUT2D eigenvalue weighted by Gasteiger charge is 2.12. The minimum Gasteiger partial charge on any atom is -0.489 e. The second kappa shape index (κ2) is 10.3. The molecule has 0 aliphatic carbocycles. The summed E-state index contributed by atoms with van der Waals surface area (Å²) < 4.78 is 19.2. The number of para-hydroxylation sites is 1. The van der Waals surface area contributed by atoms with Crippen LogP contribution in [0.1, 0.15) is 42.5 Å². The van der Waals surface area contributed by atoms with Crippen LogP contribution in [0.15, 0.2) is 72.8 Å². The fraction of sp³-hybridized carbons (Fsp3) is 0.250. The molecule has 3 aromatic rings. The van der Waals surface area contributed by atoms with Crippen molar-refractivity contribution in [2.45, 2.75) is 39.0 Å². The van der Waals surface area contributed by atoms with E-state index < -0.39 is 0 Å². The second-order valence-electron chi connectivity index (χ2n) is 6.76. The molecule has 4 heteroatoms. The van der Waals surface area contributed by atoms with Gasteiger partial charge in [0.1, 0.15) is 18.2 Å². The summed E-state index contributed by atoms with van der Waals surface area (Å²) in [6.45, 7) is 3.20. The van der Waals surface area contributed by atoms with Crippen LogP contribution in [0.2, 0.25) is 5.02 Å². The Bertz CT molecular complexity index is 885. The van der Waals surface area contributed by atoms with Gasteiger partial charge in [-0.3, -0.25) is 0 Å². The van der Waals surface area contributed by atoms with Crippen LogP contribution in [0.5, 0.6) is 5.75 Å². The van der Waals surface area contributed by atoms with Crippen molar-refractivity contribution in [3.05, 3.63) is 100 Å². The summed E-state index contributed by atoms with van der Waals surface area (Å²) in [6, 6.07) is 23.1. The minimum atomic E-state index is -0.346. The summed E-state index contributed by atoms with van der Waals surface area (Å²) in [4.78, 5) is 0. The molecule has 3 aromatic carbocycles. The molecule has 28 heavy (non-hydrogen) atoms. The highest BCUT2D eigenvalue weighted by molar-refractivity contribution is 6.31. The average Bonchev–Trinajstić information content (AvgIpc) is 2.72. The Kier molecular flexibility index (Phi) is 7.46. The molecule has 0 saturated heterocycles. The van der Waals surface area contributed by atoms with Crippen LogP contribution in [-0.2, 0) is 13.2 Å². The van der Waals surface area contributed by atoms with Gasteiger partial charge in [0.25, 0.3) is 0 Å². The third-order valence-corrected chi connectivity index (χ3v) is 5.04. The molecule has 0 fully saturated rings. The van der Waals surface area contributed by atoms with Crippen molar-refractivity contribution in [1.29, 1.82) is 0 Å². The van der Waals surface area contributed by atoms with Gasteiger partial charge in [-0.2, -0.15) is 0 Å². The number of halogens is 2. The number of benzene rings is 3. The van der Waals surface area contributed by atoms with Crippen LogP contribution < -0.4 is 10.1 Å². The highest BCUT2D eigenvalue weighted by atomic mass is 35.5. The Morgan fingerprint density at radius 3 is 2.46 bits per heavy atom. The number of hydrogen-bond donors (Lipinski definition) is 1. The lowest BCUT2D eigenvalue weighted by molar-refractivity contribution is 0.301. The third-order valence-electron chi connectivity index (χ3n) is 4.69. The molecule has 3 rings (SSSR count). The Balaban J connectivity index is 1.67. The summed E-state index contributed by atoms with van der Waals surface area (Å²) >= 11 is 6.11. The molecule has 0 aromatic heterocycles. The van der Waals surface area contributed by atoms with Crippen molar-refractivity contribution in [3.63, 3.8) is 0 Å². The molecule has 2 nitrogen and oxygen atoms in total. The fourth-order valence-electron chi connectivity index (χ4n) is 3.18. The van der Waals surface area contributed by atoms with Crippen LogP contribution in [0, 0.1) is 5.82 Å². The first-order chi connectivity index (χ1) is 13.7. The summed E-state index contributed by atoms with van der Waals surface area (Å²) in [7, 11) is 0. The van der Waals surface area contributed by atoms with Gasteiger partial charge in [0, 0.05) is 23.7 Å². The molecule has 0 spiro atoms. The van der Waals surface area contributed by atoms with E-state index in [1.165, 1.54) is 17.7 Å². The maximum Gasteiger partial charge on any atom is 0.124 e. The van der Waals surface area contributed by atoms with Gasteiger partial charge in [-0.1, -0.05) is 79.5 Å². The topological polar surface area (TPSA) is 21.3 Å². The summed E-state index contributed by atoms with van der Waals surface area (Å²) in [5.41, 5.74) is 3.14. The van der Waals surface area contributed by atoms with E-state index in [0.29, 0.717) is 24.2 Å². The van der Waals surface area contributed by atoms with Gasteiger partial charge in [-0.25, -0.2) is 4.39 Å². The van der Waals surface area contributed by atoms with Gasteiger partial charge in [0.2, 0.25) is 0 Å². The van der Waals surface area contributed by atoms with Gasteiger partial charge >= 0.3 is 0 Å². The first kappa shape index (κ1) is 20.4. The molecule has 0 aliphatic heterocycles. The van der Waals surface area contributed by atoms with E-state index in [1.807, 2.05) is 24.3 Å². The molecule has 1 atom stereocenters. The Morgan fingerprint density at radius 2 is 1.71 bits per heavy atom. The molecule has 1 N–H and O–H groups in total. The first-order valence-electron chi connectivity index (χ1n) is 9.60. The lowest BCUT2D eigenvalue weighted by Crippen LogP contribution is -2.21. The molecule has 1 unspecified atom stereocenters. The molecule has 0 heterocycles. The first-order valence-corrected chi connectivity index (χ1v) is 9.98. The predicted molar refractivity (Wildman–Crippen MR) is 113 cm³/mol. The van der Waals surface area contributed by atoms with E-state index in [0.717, 1.165) is 29.7 Å². The van der Waals surface area contributed by atoms with Crippen LogP contribution in [0.4, 0.5) is 4.39 Å². The van der Waals surface area contributed by atoms with Gasteiger partial charge in [0.05, 0.1) is 5.02 Å². The third kappa shape index (κ3) is 5.57. The number of ether oxygens (including phenoxy) is 1. The Morgan fingerprint density at radius 1 is 0.964 bits per heavy atom. The predicted octanol–water partition coefficient (Wildman–Crippen LogP) is 6.69. The molecular formula is C24H25ClFNO. The van der Waals surface area contributed by atoms with Gasteiger partial charge in [-0.15, -0.1) is 0 Å². The molecule has 0 amide bonds. The van der Waals surface area contributed by atoms with Crippen LogP contribution >= 0.6 is 11.6 Å². The standard InChI is InChI=1S/C24H25ClFNO/c1-2-8-23(18-9-4-3-5-10-18)27-16-19-11-6-7-12-24(19)28-17-20-13-14-21(26)15-22(20)25/h3-7,9-15,23,27H,2,8,16-17H2,1H3. The summed E-state index contributed by atoms with van der Waals surface area (Å²) in [5, 5.41) is 4.03. The Labute approximate surface area is 171 Å². The number of rotatable bonds is 9. The summed E-state index contributed by atoms with van der Waals surface area (Å²) in [6.07, 6.45) is 2.17. The van der Waals surface area contributed by atoms with Gasteiger partial charge < -0.3 is 10.1 Å². The monoisotopic (exact) mass is 397 g/mol. The van der Waals surface area contributed by atoms with E-state index in [-0.39, 0.29) is 5.82 Å². The smallest absolute Gasteiger partial charge is 0.124 e. The van der Waals surface area contributed by atoms with Crippen LogP contribution in [0.3, 0.4) is 0 Å². The molecule has 0 aliphatic rings. The van der Waals surface area contributed by atoms with E-state index in [9.17, 15) is 4.39 Å². The maximum absolute atomic E-state index is 13.2. The van der Waals surface area contributed by atoms with Crippen molar-refractivity contribution >= 4 is 11.6 Å². The second-order valence-corrected chi connectivity index (χ2v) is 7.17. The van der Waals surface area contributed by atoms with Crippen molar-refractivity contribution < 1.29 is 9.13 Å². The van der Waals surface area contributed by atoms with Gasteiger partial charge in [0.15, 0.2) is 0 Å². The quantitative estimate of drug-likeness (QED) is 0.434. The van der Waals surface area contributed by atoms with Crippen LogP contribution in [-0.4, -0.2) is 0 Å². The fourth-order valence-corrected chi connectivity index (χ4v) is 3.40. The number of hydrogen-bond acceptors (Lipinski definition) is 2. The van der Waals surface area contributed by atoms with E-state index in [4.69, 9.17) is 16.3 Å². The molecule has 0 saturated carbocycles. The zero-order valence-electron chi connectivity index (χ0n) is 16.0. The molecule has 146 valence electrons. The molecule has 0 bridgehead atoms.